The number of alkyl halides is 3. The molecule has 2 aromatic rings. The van der Waals surface area contributed by atoms with Crippen molar-refractivity contribution in [3.63, 3.8) is 0 Å². The van der Waals surface area contributed by atoms with Crippen LogP contribution in [0.4, 0.5) is 13.2 Å². The van der Waals surface area contributed by atoms with Crippen molar-refractivity contribution < 1.29 is 23.1 Å². The molecule has 0 aliphatic rings. The van der Waals surface area contributed by atoms with Gasteiger partial charge < -0.3 is 10.0 Å². The number of hydrogen-bond donors (Lipinski definition) is 1. The van der Waals surface area contributed by atoms with Crippen LogP contribution in [0.3, 0.4) is 0 Å². The van der Waals surface area contributed by atoms with Crippen molar-refractivity contribution in [1.29, 1.82) is 0 Å². The van der Waals surface area contributed by atoms with Gasteiger partial charge in [-0.15, -0.1) is 0 Å². The van der Waals surface area contributed by atoms with Crippen LogP contribution in [0.2, 0.25) is 5.02 Å². The maximum Gasteiger partial charge on any atom is 0.416 e. The van der Waals surface area contributed by atoms with Gasteiger partial charge in [-0.25, -0.2) is 0 Å². The number of phenolic OH excluding ortho intramolecular Hbond substituents is 1. The summed E-state index contributed by atoms with van der Waals surface area (Å²) in [6.45, 7) is 0.100. The van der Waals surface area contributed by atoms with Gasteiger partial charge in [-0.3, -0.25) is 4.79 Å². The standard InChI is InChI=1S/C16H13ClF3NO2/c1-21(15(23)13-8-12(17)6-7-14(13)22)9-10-2-4-11(5-3-10)16(18,19)20/h2-8,22H,9H2,1H3. The van der Waals surface area contributed by atoms with Crippen LogP contribution in [0, 0.1) is 0 Å². The Kier molecular flexibility index (Phi) is 4.85. The van der Waals surface area contributed by atoms with Gasteiger partial charge in [-0.2, -0.15) is 13.2 Å². The highest BCUT2D eigenvalue weighted by molar-refractivity contribution is 6.31. The first-order chi connectivity index (χ1) is 10.7. The van der Waals surface area contributed by atoms with Gasteiger partial charge in [-0.05, 0) is 35.9 Å². The quantitative estimate of drug-likeness (QED) is 0.900. The molecule has 0 heterocycles. The summed E-state index contributed by atoms with van der Waals surface area (Å²) in [6.07, 6.45) is -4.40. The fourth-order valence-corrected chi connectivity index (χ4v) is 2.20. The molecule has 0 atom stereocenters. The Morgan fingerprint density at radius 3 is 2.35 bits per heavy atom. The van der Waals surface area contributed by atoms with E-state index in [-0.39, 0.29) is 17.9 Å². The summed E-state index contributed by atoms with van der Waals surface area (Å²) < 4.78 is 37.5. The van der Waals surface area contributed by atoms with Crippen LogP contribution in [0.25, 0.3) is 0 Å². The van der Waals surface area contributed by atoms with Gasteiger partial charge in [-0.1, -0.05) is 23.7 Å². The highest BCUT2D eigenvalue weighted by Gasteiger charge is 2.30. The van der Waals surface area contributed by atoms with Gasteiger partial charge in [0.2, 0.25) is 0 Å². The number of rotatable bonds is 3. The molecule has 3 nitrogen and oxygen atoms in total. The van der Waals surface area contributed by atoms with Gasteiger partial charge >= 0.3 is 6.18 Å². The molecule has 0 bridgehead atoms. The summed E-state index contributed by atoms with van der Waals surface area (Å²) in [7, 11) is 1.49. The number of halogens is 4. The van der Waals surface area contributed by atoms with Crippen molar-refractivity contribution in [1.82, 2.24) is 4.90 Å². The van der Waals surface area contributed by atoms with Crippen LogP contribution < -0.4 is 0 Å². The number of nitrogens with zero attached hydrogens (tertiary/aromatic N) is 1. The van der Waals surface area contributed by atoms with Crippen molar-refractivity contribution in [3.05, 3.63) is 64.2 Å². The summed E-state index contributed by atoms with van der Waals surface area (Å²) in [5.41, 5.74) is -0.176. The average Bonchev–Trinajstić information content (AvgIpc) is 2.48. The van der Waals surface area contributed by atoms with Crippen LogP contribution in [-0.2, 0) is 12.7 Å². The molecule has 0 radical (unpaired) electrons. The molecule has 0 spiro atoms. The number of carbonyl (C=O) groups is 1. The summed E-state index contributed by atoms with van der Waals surface area (Å²) in [6, 6.07) is 8.64. The first-order valence-electron chi connectivity index (χ1n) is 6.58. The Balaban J connectivity index is 2.13. The molecule has 0 fully saturated rings. The zero-order valence-electron chi connectivity index (χ0n) is 12.1. The Morgan fingerprint density at radius 2 is 1.78 bits per heavy atom. The van der Waals surface area contributed by atoms with E-state index in [1.54, 1.807) is 0 Å². The van der Waals surface area contributed by atoms with E-state index < -0.39 is 17.6 Å². The second kappa shape index (κ2) is 6.50. The number of benzene rings is 2. The lowest BCUT2D eigenvalue weighted by molar-refractivity contribution is -0.137. The van der Waals surface area contributed by atoms with Crippen molar-refractivity contribution in [2.45, 2.75) is 12.7 Å². The maximum absolute atomic E-state index is 12.5. The number of hydrogen-bond acceptors (Lipinski definition) is 2. The van der Waals surface area contributed by atoms with Crippen LogP contribution in [0.1, 0.15) is 21.5 Å². The minimum Gasteiger partial charge on any atom is -0.507 e. The van der Waals surface area contributed by atoms with E-state index >= 15 is 0 Å². The van der Waals surface area contributed by atoms with E-state index in [0.717, 1.165) is 12.1 Å². The summed E-state index contributed by atoms with van der Waals surface area (Å²) in [5, 5.41) is 10.0. The molecule has 0 aromatic heterocycles. The minimum absolute atomic E-state index is 0.0342. The third kappa shape index (κ3) is 4.16. The lowest BCUT2D eigenvalue weighted by Gasteiger charge is -2.18. The minimum atomic E-state index is -4.40. The largest absolute Gasteiger partial charge is 0.507 e. The summed E-state index contributed by atoms with van der Waals surface area (Å²) in [5.74, 6) is -0.691. The molecule has 23 heavy (non-hydrogen) atoms. The molecule has 2 aromatic carbocycles. The van der Waals surface area contributed by atoms with E-state index in [9.17, 15) is 23.1 Å². The van der Waals surface area contributed by atoms with Crippen molar-refractivity contribution in [3.8, 4) is 5.75 Å². The van der Waals surface area contributed by atoms with E-state index in [1.165, 1.54) is 42.3 Å². The topological polar surface area (TPSA) is 40.5 Å². The third-order valence-electron chi connectivity index (χ3n) is 3.24. The van der Waals surface area contributed by atoms with Crippen LogP contribution in [0.15, 0.2) is 42.5 Å². The zero-order chi connectivity index (χ0) is 17.2. The molecule has 0 saturated heterocycles. The first kappa shape index (κ1) is 17.1. The lowest BCUT2D eigenvalue weighted by Crippen LogP contribution is -2.26. The van der Waals surface area contributed by atoms with E-state index in [2.05, 4.69) is 0 Å². The Bertz CT molecular complexity index is 714. The fraction of sp³-hybridized carbons (Fsp3) is 0.188. The molecule has 0 aliphatic heterocycles. The molecule has 0 saturated carbocycles. The second-order valence-electron chi connectivity index (χ2n) is 5.02. The first-order valence-corrected chi connectivity index (χ1v) is 6.96. The van der Waals surface area contributed by atoms with Gasteiger partial charge in [0.05, 0.1) is 11.1 Å². The number of phenols is 1. The highest BCUT2D eigenvalue weighted by Crippen LogP contribution is 2.29. The van der Waals surface area contributed by atoms with Gasteiger partial charge in [0.15, 0.2) is 0 Å². The van der Waals surface area contributed by atoms with Crippen molar-refractivity contribution >= 4 is 17.5 Å². The Labute approximate surface area is 135 Å². The monoisotopic (exact) mass is 343 g/mol. The van der Waals surface area contributed by atoms with Crippen molar-refractivity contribution in [2.75, 3.05) is 7.05 Å². The smallest absolute Gasteiger partial charge is 0.416 e. The molecule has 7 heteroatoms. The van der Waals surface area contributed by atoms with E-state index in [0.29, 0.717) is 10.6 Å². The number of amides is 1. The number of aromatic hydroxyl groups is 1. The molecular weight excluding hydrogens is 331 g/mol. The third-order valence-corrected chi connectivity index (χ3v) is 3.47. The average molecular weight is 344 g/mol. The van der Waals surface area contributed by atoms with Gasteiger partial charge in [0.25, 0.3) is 5.91 Å². The maximum atomic E-state index is 12.5. The molecule has 1 N–H and O–H groups in total. The Hall–Kier alpha value is -2.21. The Morgan fingerprint density at radius 1 is 1.17 bits per heavy atom. The van der Waals surface area contributed by atoms with Gasteiger partial charge in [0, 0.05) is 18.6 Å². The van der Waals surface area contributed by atoms with E-state index in [1.807, 2.05) is 0 Å². The summed E-state index contributed by atoms with van der Waals surface area (Å²) >= 11 is 5.80. The van der Waals surface area contributed by atoms with Crippen molar-refractivity contribution in [2.24, 2.45) is 0 Å². The summed E-state index contributed by atoms with van der Waals surface area (Å²) in [4.78, 5) is 13.6. The molecule has 1 amide bonds. The van der Waals surface area contributed by atoms with Gasteiger partial charge in [0.1, 0.15) is 5.75 Å². The molecule has 122 valence electrons. The zero-order valence-corrected chi connectivity index (χ0v) is 12.8. The molecular formula is C16H13ClF3NO2. The van der Waals surface area contributed by atoms with Crippen LogP contribution in [-0.4, -0.2) is 23.0 Å². The fourth-order valence-electron chi connectivity index (χ4n) is 2.03. The van der Waals surface area contributed by atoms with Crippen LogP contribution >= 0.6 is 11.6 Å². The SMILES string of the molecule is CN(Cc1ccc(C(F)(F)F)cc1)C(=O)c1cc(Cl)ccc1O. The number of carbonyl (C=O) groups excluding carboxylic acids is 1. The molecule has 2 rings (SSSR count). The predicted octanol–water partition coefficient (Wildman–Crippen LogP) is 4.34. The molecule has 0 aliphatic carbocycles. The second-order valence-corrected chi connectivity index (χ2v) is 5.45. The van der Waals surface area contributed by atoms with E-state index in [4.69, 9.17) is 11.6 Å². The molecule has 0 unspecified atom stereocenters. The normalized spacial score (nSPS) is 11.3. The predicted molar refractivity (Wildman–Crippen MR) is 80.4 cm³/mol. The van der Waals surface area contributed by atoms with Crippen LogP contribution in [0.5, 0.6) is 5.75 Å². The highest BCUT2D eigenvalue weighted by atomic mass is 35.5. The lowest BCUT2D eigenvalue weighted by atomic mass is 10.1.